The molecule has 4 rings (SSSR count). The summed E-state index contributed by atoms with van der Waals surface area (Å²) in [6.07, 6.45) is -0.872. The summed E-state index contributed by atoms with van der Waals surface area (Å²) >= 11 is 7.82. The summed E-state index contributed by atoms with van der Waals surface area (Å²) in [6, 6.07) is 27.1. The summed E-state index contributed by atoms with van der Waals surface area (Å²) in [5, 5.41) is 21.0. The normalized spacial score (nSPS) is 12.1. The van der Waals surface area contributed by atoms with Gasteiger partial charge in [-0.25, -0.2) is 0 Å². The maximum atomic E-state index is 10.9. The Kier molecular flexibility index (Phi) is 5.76. The molecule has 4 nitrogen and oxygen atoms in total. The van der Waals surface area contributed by atoms with Crippen molar-refractivity contribution in [2.24, 2.45) is 0 Å². The fraction of sp³-hybridized carbons (Fsp3) is 0.0909. The SMILES string of the molecule is OC(c1ccccc1)c1nnc(SCc2ccccc2Cl)n1-c1ccccc1. The largest absolute Gasteiger partial charge is 0.380 e. The van der Waals surface area contributed by atoms with E-state index in [1.165, 1.54) is 11.8 Å². The van der Waals surface area contributed by atoms with Gasteiger partial charge in [0.1, 0.15) is 6.10 Å². The molecule has 0 fully saturated rings. The maximum Gasteiger partial charge on any atom is 0.196 e. The van der Waals surface area contributed by atoms with E-state index in [9.17, 15) is 5.11 Å². The first-order valence-electron chi connectivity index (χ1n) is 8.84. The van der Waals surface area contributed by atoms with Crippen molar-refractivity contribution in [1.29, 1.82) is 0 Å². The lowest BCUT2D eigenvalue weighted by Gasteiger charge is -2.14. The van der Waals surface area contributed by atoms with Crippen LogP contribution in [-0.2, 0) is 5.75 Å². The van der Waals surface area contributed by atoms with Crippen LogP contribution in [0.15, 0.2) is 90.1 Å². The van der Waals surface area contributed by atoms with Gasteiger partial charge in [-0.1, -0.05) is 90.1 Å². The molecule has 0 aliphatic heterocycles. The van der Waals surface area contributed by atoms with Gasteiger partial charge in [-0.05, 0) is 29.3 Å². The summed E-state index contributed by atoms with van der Waals surface area (Å²) in [6.45, 7) is 0. The zero-order valence-electron chi connectivity index (χ0n) is 14.9. The molecule has 140 valence electrons. The van der Waals surface area contributed by atoms with E-state index < -0.39 is 6.10 Å². The van der Waals surface area contributed by atoms with Crippen LogP contribution in [0.3, 0.4) is 0 Å². The second-order valence-electron chi connectivity index (χ2n) is 6.21. The van der Waals surface area contributed by atoms with E-state index in [0.29, 0.717) is 16.7 Å². The average Bonchev–Trinajstić information content (AvgIpc) is 3.18. The molecule has 1 N–H and O–H groups in total. The summed E-state index contributed by atoms with van der Waals surface area (Å²) in [7, 11) is 0. The van der Waals surface area contributed by atoms with Gasteiger partial charge in [0, 0.05) is 16.5 Å². The van der Waals surface area contributed by atoms with Crippen molar-refractivity contribution < 1.29 is 5.11 Å². The Labute approximate surface area is 172 Å². The molecule has 1 aromatic heterocycles. The summed E-state index contributed by atoms with van der Waals surface area (Å²) < 4.78 is 1.90. The molecule has 0 amide bonds. The highest BCUT2D eigenvalue weighted by Gasteiger charge is 2.22. The quantitative estimate of drug-likeness (QED) is 0.441. The summed E-state index contributed by atoms with van der Waals surface area (Å²) in [5.41, 5.74) is 2.70. The van der Waals surface area contributed by atoms with Gasteiger partial charge in [-0.2, -0.15) is 0 Å². The van der Waals surface area contributed by atoms with Crippen LogP contribution >= 0.6 is 23.4 Å². The third-order valence-corrected chi connectivity index (χ3v) is 5.69. The number of aliphatic hydroxyl groups is 1. The number of para-hydroxylation sites is 1. The van der Waals surface area contributed by atoms with Crippen LogP contribution in [0.25, 0.3) is 5.69 Å². The highest BCUT2D eigenvalue weighted by atomic mass is 35.5. The molecule has 3 aromatic carbocycles. The number of thioether (sulfide) groups is 1. The van der Waals surface area contributed by atoms with E-state index in [4.69, 9.17) is 11.6 Å². The number of benzene rings is 3. The molecule has 0 aliphatic carbocycles. The van der Waals surface area contributed by atoms with Gasteiger partial charge in [0.15, 0.2) is 11.0 Å². The van der Waals surface area contributed by atoms with Gasteiger partial charge in [0.25, 0.3) is 0 Å². The first-order valence-corrected chi connectivity index (χ1v) is 10.2. The molecule has 1 heterocycles. The topological polar surface area (TPSA) is 50.9 Å². The fourth-order valence-corrected chi connectivity index (χ4v) is 4.16. The Hall–Kier alpha value is -2.60. The van der Waals surface area contributed by atoms with Crippen molar-refractivity contribution in [3.8, 4) is 5.69 Å². The summed E-state index contributed by atoms with van der Waals surface area (Å²) in [5.74, 6) is 1.14. The van der Waals surface area contributed by atoms with Crippen LogP contribution in [0.2, 0.25) is 5.02 Å². The summed E-state index contributed by atoms with van der Waals surface area (Å²) in [4.78, 5) is 0. The standard InChI is InChI=1S/C22H18ClN3OS/c23-19-14-8-7-11-17(19)15-28-22-25-24-21(20(27)16-9-3-1-4-10-16)26(22)18-12-5-2-6-13-18/h1-14,20,27H,15H2. The molecule has 1 unspecified atom stereocenters. The van der Waals surface area contributed by atoms with Crippen LogP contribution in [0.1, 0.15) is 23.1 Å². The van der Waals surface area contributed by atoms with Crippen LogP contribution in [0, 0.1) is 0 Å². The van der Waals surface area contributed by atoms with E-state index in [2.05, 4.69) is 10.2 Å². The Balaban J connectivity index is 1.71. The van der Waals surface area contributed by atoms with Crippen molar-refractivity contribution in [2.45, 2.75) is 17.0 Å². The number of aromatic nitrogens is 3. The highest BCUT2D eigenvalue weighted by molar-refractivity contribution is 7.98. The van der Waals surface area contributed by atoms with Gasteiger partial charge in [-0.15, -0.1) is 10.2 Å². The molecule has 0 spiro atoms. The molecule has 1 atom stereocenters. The number of rotatable bonds is 6. The minimum Gasteiger partial charge on any atom is -0.380 e. The smallest absolute Gasteiger partial charge is 0.196 e. The number of hydrogen-bond donors (Lipinski definition) is 1. The van der Waals surface area contributed by atoms with Crippen molar-refractivity contribution in [2.75, 3.05) is 0 Å². The van der Waals surface area contributed by atoms with Crippen LogP contribution in [-0.4, -0.2) is 19.9 Å². The predicted octanol–water partition coefficient (Wildman–Crippen LogP) is 5.29. The van der Waals surface area contributed by atoms with Crippen LogP contribution in [0.5, 0.6) is 0 Å². The molecular formula is C22H18ClN3OS. The molecule has 4 aromatic rings. The Morgan fingerprint density at radius 1 is 0.857 bits per heavy atom. The Morgan fingerprint density at radius 2 is 1.50 bits per heavy atom. The predicted molar refractivity (Wildman–Crippen MR) is 113 cm³/mol. The molecule has 0 radical (unpaired) electrons. The first-order chi connectivity index (χ1) is 13.7. The Morgan fingerprint density at radius 3 is 2.21 bits per heavy atom. The van der Waals surface area contributed by atoms with Crippen LogP contribution in [0.4, 0.5) is 0 Å². The van der Waals surface area contributed by atoms with E-state index in [1.54, 1.807) is 0 Å². The van der Waals surface area contributed by atoms with Crippen LogP contribution < -0.4 is 0 Å². The van der Waals surface area contributed by atoms with E-state index in [1.807, 2.05) is 89.5 Å². The zero-order valence-corrected chi connectivity index (χ0v) is 16.5. The fourth-order valence-electron chi connectivity index (χ4n) is 2.91. The lowest BCUT2D eigenvalue weighted by Crippen LogP contribution is -2.09. The monoisotopic (exact) mass is 407 g/mol. The third-order valence-electron chi connectivity index (χ3n) is 4.35. The lowest BCUT2D eigenvalue weighted by atomic mass is 10.1. The van der Waals surface area contributed by atoms with Crippen molar-refractivity contribution in [3.05, 3.63) is 107 Å². The second-order valence-corrected chi connectivity index (χ2v) is 7.55. The maximum absolute atomic E-state index is 10.9. The van der Waals surface area contributed by atoms with Gasteiger partial charge < -0.3 is 5.11 Å². The molecule has 0 saturated carbocycles. The molecule has 28 heavy (non-hydrogen) atoms. The number of halogens is 1. The molecule has 0 saturated heterocycles. The van der Waals surface area contributed by atoms with E-state index in [-0.39, 0.29) is 0 Å². The van der Waals surface area contributed by atoms with Crippen molar-refractivity contribution >= 4 is 23.4 Å². The van der Waals surface area contributed by atoms with Gasteiger partial charge >= 0.3 is 0 Å². The van der Waals surface area contributed by atoms with Crippen molar-refractivity contribution in [1.82, 2.24) is 14.8 Å². The second kappa shape index (κ2) is 8.61. The zero-order chi connectivity index (χ0) is 19.3. The lowest BCUT2D eigenvalue weighted by molar-refractivity contribution is 0.207. The number of hydrogen-bond acceptors (Lipinski definition) is 4. The highest BCUT2D eigenvalue weighted by Crippen LogP contribution is 2.31. The van der Waals surface area contributed by atoms with Gasteiger partial charge in [0.05, 0.1) is 0 Å². The number of aliphatic hydroxyl groups excluding tert-OH is 1. The molecule has 0 aliphatic rings. The molecule has 0 bridgehead atoms. The molecular weight excluding hydrogens is 390 g/mol. The number of nitrogens with zero attached hydrogens (tertiary/aromatic N) is 3. The van der Waals surface area contributed by atoms with E-state index in [0.717, 1.165) is 21.8 Å². The van der Waals surface area contributed by atoms with Gasteiger partial charge in [0.2, 0.25) is 0 Å². The minimum absolute atomic E-state index is 0.485. The minimum atomic E-state index is -0.872. The van der Waals surface area contributed by atoms with Gasteiger partial charge in [-0.3, -0.25) is 4.57 Å². The first kappa shape index (κ1) is 18.7. The Bertz CT molecular complexity index is 1050. The average molecular weight is 408 g/mol. The van der Waals surface area contributed by atoms with E-state index >= 15 is 0 Å². The molecule has 6 heteroatoms. The van der Waals surface area contributed by atoms with Crippen molar-refractivity contribution in [3.63, 3.8) is 0 Å². The third kappa shape index (κ3) is 3.97.